The van der Waals surface area contributed by atoms with Crippen LogP contribution in [-0.2, 0) is 16.0 Å². The number of rotatable bonds is 3. The van der Waals surface area contributed by atoms with Crippen LogP contribution >= 0.6 is 11.8 Å². The van der Waals surface area contributed by atoms with Gasteiger partial charge in [0.1, 0.15) is 0 Å². The highest BCUT2D eigenvalue weighted by Crippen LogP contribution is 2.33. The third kappa shape index (κ3) is 3.97. The number of hydrogen-bond acceptors (Lipinski definition) is 3. The monoisotopic (exact) mass is 340 g/mol. The van der Waals surface area contributed by atoms with Crippen molar-refractivity contribution < 1.29 is 9.59 Å². The van der Waals surface area contributed by atoms with Crippen molar-refractivity contribution in [3.8, 4) is 0 Å². The van der Waals surface area contributed by atoms with Crippen LogP contribution in [-0.4, -0.2) is 24.1 Å². The number of carbonyl (C=O) groups excluding carboxylic acids is 2. The summed E-state index contributed by atoms with van der Waals surface area (Å²) in [6.45, 7) is 2.24. The van der Waals surface area contributed by atoms with E-state index in [1.165, 1.54) is 11.8 Å². The molecule has 0 aromatic heterocycles. The Labute approximate surface area is 146 Å². The van der Waals surface area contributed by atoms with E-state index in [-0.39, 0.29) is 11.8 Å². The number of fused-ring (bicyclic) bond motifs is 1. The molecular weight excluding hydrogens is 320 g/mol. The van der Waals surface area contributed by atoms with Crippen molar-refractivity contribution in [1.82, 2.24) is 0 Å². The zero-order chi connectivity index (χ0) is 16.9. The Hall–Kier alpha value is -2.27. The summed E-state index contributed by atoms with van der Waals surface area (Å²) in [4.78, 5) is 26.9. The van der Waals surface area contributed by atoms with Crippen LogP contribution in [0.4, 0.5) is 11.4 Å². The molecule has 0 radical (unpaired) electrons. The van der Waals surface area contributed by atoms with Crippen LogP contribution in [0.3, 0.4) is 0 Å². The first-order valence-corrected chi connectivity index (χ1v) is 9.01. The molecule has 1 N–H and O–H groups in total. The van der Waals surface area contributed by atoms with Crippen molar-refractivity contribution in [2.75, 3.05) is 22.5 Å². The molecule has 3 rings (SSSR count). The highest BCUT2D eigenvalue weighted by atomic mass is 32.2. The van der Waals surface area contributed by atoms with E-state index >= 15 is 0 Å². The highest BCUT2D eigenvalue weighted by molar-refractivity contribution is 7.99. The molecule has 1 heterocycles. The smallest absolute Gasteiger partial charge is 0.231 e. The maximum atomic E-state index is 12.8. The van der Waals surface area contributed by atoms with Crippen LogP contribution in [0, 0.1) is 0 Å². The number of para-hydroxylation sites is 1. The average Bonchev–Trinajstić information content (AvgIpc) is 2.78. The van der Waals surface area contributed by atoms with Gasteiger partial charge in [0, 0.05) is 24.1 Å². The fourth-order valence-corrected chi connectivity index (χ4v) is 3.76. The van der Waals surface area contributed by atoms with Gasteiger partial charge in [-0.2, -0.15) is 0 Å². The maximum Gasteiger partial charge on any atom is 0.231 e. The van der Waals surface area contributed by atoms with Gasteiger partial charge in [0.2, 0.25) is 11.8 Å². The molecule has 2 aromatic rings. The maximum absolute atomic E-state index is 12.8. The molecule has 1 aliphatic heterocycles. The van der Waals surface area contributed by atoms with E-state index in [1.54, 1.807) is 0 Å². The fourth-order valence-electron chi connectivity index (χ4n) is 2.77. The van der Waals surface area contributed by atoms with Gasteiger partial charge in [-0.05, 0) is 42.0 Å². The number of anilines is 2. The fraction of sp³-hybridized carbons (Fsp3) is 0.263. The van der Waals surface area contributed by atoms with Gasteiger partial charge in [-0.1, -0.05) is 24.3 Å². The second-order valence-electron chi connectivity index (χ2n) is 5.77. The average molecular weight is 340 g/mol. The highest BCUT2D eigenvalue weighted by Gasteiger charge is 2.21. The van der Waals surface area contributed by atoms with E-state index < -0.39 is 0 Å². The Morgan fingerprint density at radius 3 is 2.62 bits per heavy atom. The van der Waals surface area contributed by atoms with E-state index in [9.17, 15) is 9.59 Å². The van der Waals surface area contributed by atoms with Crippen LogP contribution in [0.2, 0.25) is 0 Å². The van der Waals surface area contributed by atoms with Crippen LogP contribution in [0.15, 0.2) is 53.4 Å². The number of benzene rings is 2. The molecule has 124 valence electrons. The SMILES string of the molecule is CC(=O)Nc1ccc(CC(=O)N2CCCSc3ccccc32)cc1. The summed E-state index contributed by atoms with van der Waals surface area (Å²) in [6, 6.07) is 15.5. The predicted octanol–water partition coefficient (Wildman–Crippen LogP) is 3.72. The van der Waals surface area contributed by atoms with E-state index in [4.69, 9.17) is 0 Å². The molecule has 0 saturated carbocycles. The van der Waals surface area contributed by atoms with Crippen LogP contribution in [0.25, 0.3) is 0 Å². The minimum absolute atomic E-state index is 0.0995. The zero-order valence-corrected chi connectivity index (χ0v) is 14.4. The molecule has 5 heteroatoms. The summed E-state index contributed by atoms with van der Waals surface area (Å²) in [5.41, 5.74) is 2.71. The molecule has 0 fully saturated rings. The topological polar surface area (TPSA) is 49.4 Å². The summed E-state index contributed by atoms with van der Waals surface area (Å²) >= 11 is 1.81. The van der Waals surface area contributed by atoms with Crippen molar-refractivity contribution in [2.45, 2.75) is 24.7 Å². The molecule has 0 aliphatic carbocycles. The van der Waals surface area contributed by atoms with Gasteiger partial charge >= 0.3 is 0 Å². The molecule has 24 heavy (non-hydrogen) atoms. The first-order chi connectivity index (χ1) is 11.6. The number of thioether (sulfide) groups is 1. The minimum Gasteiger partial charge on any atom is -0.326 e. The van der Waals surface area contributed by atoms with Gasteiger partial charge in [0.05, 0.1) is 12.1 Å². The molecule has 2 amide bonds. The number of amides is 2. The standard InChI is InChI=1S/C19H20N2O2S/c1-14(22)20-16-9-7-15(8-10-16)13-19(23)21-11-4-12-24-18-6-3-2-5-17(18)21/h2-3,5-10H,4,11-13H2,1H3,(H,20,22). The third-order valence-electron chi connectivity index (χ3n) is 3.87. The van der Waals surface area contributed by atoms with Crippen LogP contribution in [0.1, 0.15) is 18.9 Å². The molecule has 0 spiro atoms. The van der Waals surface area contributed by atoms with Crippen molar-refractivity contribution in [3.05, 3.63) is 54.1 Å². The Morgan fingerprint density at radius 1 is 1.12 bits per heavy atom. The van der Waals surface area contributed by atoms with Gasteiger partial charge in [-0.3, -0.25) is 9.59 Å². The van der Waals surface area contributed by atoms with Crippen molar-refractivity contribution >= 4 is 35.0 Å². The van der Waals surface area contributed by atoms with Crippen LogP contribution in [0.5, 0.6) is 0 Å². The Morgan fingerprint density at radius 2 is 1.88 bits per heavy atom. The van der Waals surface area contributed by atoms with E-state index in [0.29, 0.717) is 6.42 Å². The zero-order valence-electron chi connectivity index (χ0n) is 13.6. The number of hydrogen-bond donors (Lipinski definition) is 1. The molecule has 0 unspecified atom stereocenters. The first-order valence-electron chi connectivity index (χ1n) is 8.02. The minimum atomic E-state index is -0.0995. The predicted molar refractivity (Wildman–Crippen MR) is 98.6 cm³/mol. The Bertz CT molecular complexity index is 743. The molecule has 4 nitrogen and oxygen atoms in total. The van der Waals surface area contributed by atoms with Gasteiger partial charge in [0.15, 0.2) is 0 Å². The summed E-state index contributed by atoms with van der Waals surface area (Å²) < 4.78 is 0. The van der Waals surface area contributed by atoms with Gasteiger partial charge in [-0.15, -0.1) is 11.8 Å². The van der Waals surface area contributed by atoms with Gasteiger partial charge in [-0.25, -0.2) is 0 Å². The lowest BCUT2D eigenvalue weighted by molar-refractivity contribution is -0.118. The largest absolute Gasteiger partial charge is 0.326 e. The molecule has 2 aromatic carbocycles. The molecule has 0 saturated heterocycles. The van der Waals surface area contributed by atoms with Crippen molar-refractivity contribution in [2.24, 2.45) is 0 Å². The second kappa shape index (κ2) is 7.53. The van der Waals surface area contributed by atoms with Crippen molar-refractivity contribution in [1.29, 1.82) is 0 Å². The number of nitrogens with zero attached hydrogens (tertiary/aromatic N) is 1. The summed E-state index contributed by atoms with van der Waals surface area (Å²) in [7, 11) is 0. The molecular formula is C19H20N2O2S. The summed E-state index contributed by atoms with van der Waals surface area (Å²) in [6.07, 6.45) is 1.35. The van der Waals surface area contributed by atoms with Gasteiger partial charge in [0.25, 0.3) is 0 Å². The quantitative estimate of drug-likeness (QED) is 0.926. The lowest BCUT2D eigenvalue weighted by Gasteiger charge is -2.22. The lowest BCUT2D eigenvalue weighted by Crippen LogP contribution is -2.33. The van der Waals surface area contributed by atoms with Crippen molar-refractivity contribution in [3.63, 3.8) is 0 Å². The number of nitrogens with one attached hydrogen (secondary N) is 1. The van der Waals surface area contributed by atoms with E-state index in [1.807, 2.05) is 59.1 Å². The number of carbonyl (C=O) groups is 2. The second-order valence-corrected chi connectivity index (χ2v) is 6.91. The molecule has 1 aliphatic rings. The summed E-state index contributed by atoms with van der Waals surface area (Å²) in [5, 5.41) is 2.73. The summed E-state index contributed by atoms with van der Waals surface area (Å²) in [5.74, 6) is 1.04. The van der Waals surface area contributed by atoms with Gasteiger partial charge < -0.3 is 10.2 Å². The van der Waals surface area contributed by atoms with Crippen LogP contribution < -0.4 is 10.2 Å². The molecule has 0 bridgehead atoms. The Kier molecular flexibility index (Phi) is 5.20. The normalized spacial score (nSPS) is 13.8. The lowest BCUT2D eigenvalue weighted by atomic mass is 10.1. The molecule has 0 atom stereocenters. The Balaban J connectivity index is 1.74. The van der Waals surface area contributed by atoms with E-state index in [2.05, 4.69) is 11.4 Å². The van der Waals surface area contributed by atoms with E-state index in [0.717, 1.165) is 35.7 Å². The third-order valence-corrected chi connectivity index (χ3v) is 5.02. The first kappa shape index (κ1) is 16.6.